The van der Waals surface area contributed by atoms with Gasteiger partial charge in [-0.05, 0) is 20.5 Å². The van der Waals surface area contributed by atoms with Gasteiger partial charge in [-0.2, -0.15) is 0 Å². The number of likely N-dealkylation sites (N-methyl/N-ethyl adjacent to an activating group) is 1. The highest BCUT2D eigenvalue weighted by molar-refractivity contribution is 4.55. The average molecular weight is 160 g/mol. The van der Waals surface area contributed by atoms with Crippen molar-refractivity contribution in [3.63, 3.8) is 0 Å². The maximum Gasteiger partial charge on any atom is 0.0636 e. The molecule has 0 aromatic heterocycles. The molecule has 0 heterocycles. The lowest BCUT2D eigenvalue weighted by Crippen LogP contribution is -2.32. The van der Waals surface area contributed by atoms with Gasteiger partial charge >= 0.3 is 0 Å². The Morgan fingerprint density at radius 1 is 1.55 bits per heavy atom. The fourth-order valence-corrected chi connectivity index (χ4v) is 0.739. The minimum Gasteiger partial charge on any atom is -0.392 e. The lowest BCUT2D eigenvalue weighted by Gasteiger charge is -2.14. The Bertz CT molecular complexity index is 86.2. The second kappa shape index (κ2) is 6.58. The van der Waals surface area contributed by atoms with Crippen LogP contribution in [-0.4, -0.2) is 49.3 Å². The number of aliphatic hydroxyl groups excluding tert-OH is 1. The van der Waals surface area contributed by atoms with Crippen molar-refractivity contribution in [3.05, 3.63) is 0 Å². The van der Waals surface area contributed by atoms with Crippen LogP contribution in [0.25, 0.3) is 0 Å². The maximum atomic E-state index is 8.90. The fourth-order valence-electron chi connectivity index (χ4n) is 0.739. The summed E-state index contributed by atoms with van der Waals surface area (Å²) < 4.78 is 0. The van der Waals surface area contributed by atoms with Crippen molar-refractivity contribution in [3.8, 4) is 0 Å². The molecule has 0 aliphatic carbocycles. The molecule has 68 valence electrons. The van der Waals surface area contributed by atoms with E-state index < -0.39 is 0 Å². The third-order valence-corrected chi connectivity index (χ3v) is 1.65. The van der Waals surface area contributed by atoms with Gasteiger partial charge in [-0.3, -0.25) is 0 Å². The molecule has 0 saturated heterocycles. The molecule has 0 amide bonds. The van der Waals surface area contributed by atoms with Gasteiger partial charge in [0.15, 0.2) is 0 Å². The van der Waals surface area contributed by atoms with Gasteiger partial charge < -0.3 is 15.3 Å². The number of hydrogen-bond acceptors (Lipinski definition) is 3. The van der Waals surface area contributed by atoms with Crippen molar-refractivity contribution in [1.29, 1.82) is 0 Å². The van der Waals surface area contributed by atoms with Crippen LogP contribution in [0.1, 0.15) is 13.8 Å². The SMILES string of the molecule is CCN(C)CCNC[C@@H](C)O. The van der Waals surface area contributed by atoms with Crippen molar-refractivity contribution in [1.82, 2.24) is 10.2 Å². The summed E-state index contributed by atoms with van der Waals surface area (Å²) in [6.07, 6.45) is -0.234. The van der Waals surface area contributed by atoms with Crippen LogP contribution in [0.2, 0.25) is 0 Å². The van der Waals surface area contributed by atoms with Crippen LogP contribution in [0.4, 0.5) is 0 Å². The molecule has 0 spiro atoms. The molecule has 0 fully saturated rings. The third-order valence-electron chi connectivity index (χ3n) is 1.65. The summed E-state index contributed by atoms with van der Waals surface area (Å²) in [6.45, 7) is 7.69. The van der Waals surface area contributed by atoms with Gasteiger partial charge in [-0.15, -0.1) is 0 Å². The first-order valence-electron chi connectivity index (χ1n) is 4.24. The van der Waals surface area contributed by atoms with Crippen LogP contribution >= 0.6 is 0 Å². The summed E-state index contributed by atoms with van der Waals surface area (Å²) in [5.41, 5.74) is 0. The number of hydrogen-bond donors (Lipinski definition) is 2. The van der Waals surface area contributed by atoms with Crippen LogP contribution in [0.3, 0.4) is 0 Å². The molecule has 2 N–H and O–H groups in total. The normalized spacial score (nSPS) is 13.9. The monoisotopic (exact) mass is 160 g/mol. The molecule has 0 aromatic rings. The molecule has 3 heteroatoms. The van der Waals surface area contributed by atoms with Gasteiger partial charge in [0, 0.05) is 19.6 Å². The summed E-state index contributed by atoms with van der Waals surface area (Å²) in [6, 6.07) is 0. The lowest BCUT2D eigenvalue weighted by molar-refractivity contribution is 0.189. The van der Waals surface area contributed by atoms with E-state index in [4.69, 9.17) is 5.11 Å². The van der Waals surface area contributed by atoms with Gasteiger partial charge in [0.25, 0.3) is 0 Å². The largest absolute Gasteiger partial charge is 0.392 e. The standard InChI is InChI=1S/C8H20N2O/c1-4-10(3)6-5-9-7-8(2)11/h8-9,11H,4-7H2,1-3H3/t8-/m1/s1. The van der Waals surface area contributed by atoms with E-state index >= 15 is 0 Å². The quantitative estimate of drug-likeness (QED) is 0.533. The van der Waals surface area contributed by atoms with Crippen LogP contribution in [0.15, 0.2) is 0 Å². The first-order chi connectivity index (χ1) is 5.16. The summed E-state index contributed by atoms with van der Waals surface area (Å²) >= 11 is 0. The predicted molar refractivity (Wildman–Crippen MR) is 47.7 cm³/mol. The fraction of sp³-hybridized carbons (Fsp3) is 1.00. The van der Waals surface area contributed by atoms with Crippen molar-refractivity contribution in [2.45, 2.75) is 20.0 Å². The molecule has 0 radical (unpaired) electrons. The second-order valence-electron chi connectivity index (χ2n) is 2.95. The minimum absolute atomic E-state index is 0.234. The second-order valence-corrected chi connectivity index (χ2v) is 2.95. The Morgan fingerprint density at radius 3 is 2.64 bits per heavy atom. The van der Waals surface area contributed by atoms with E-state index in [1.807, 2.05) is 0 Å². The van der Waals surface area contributed by atoms with Crippen molar-refractivity contribution >= 4 is 0 Å². The van der Waals surface area contributed by atoms with Crippen LogP contribution in [0, 0.1) is 0 Å². The molecule has 0 aromatic carbocycles. The molecule has 11 heavy (non-hydrogen) atoms. The molecular weight excluding hydrogens is 140 g/mol. The number of nitrogens with one attached hydrogen (secondary N) is 1. The van der Waals surface area contributed by atoms with E-state index in [1.165, 1.54) is 0 Å². The summed E-state index contributed by atoms with van der Waals surface area (Å²) in [5, 5.41) is 12.1. The zero-order valence-electron chi connectivity index (χ0n) is 7.80. The maximum absolute atomic E-state index is 8.90. The Hall–Kier alpha value is -0.120. The molecule has 0 aliphatic heterocycles. The molecule has 0 unspecified atom stereocenters. The Balaban J connectivity index is 3.01. The summed E-state index contributed by atoms with van der Waals surface area (Å²) in [4.78, 5) is 2.23. The Kier molecular flexibility index (Phi) is 6.51. The van der Waals surface area contributed by atoms with Crippen molar-refractivity contribution in [2.75, 3.05) is 33.2 Å². The first kappa shape index (κ1) is 10.9. The number of nitrogens with zero attached hydrogens (tertiary/aromatic N) is 1. The highest BCUT2D eigenvalue weighted by atomic mass is 16.3. The van der Waals surface area contributed by atoms with E-state index in [2.05, 4.69) is 24.2 Å². The minimum atomic E-state index is -0.234. The first-order valence-corrected chi connectivity index (χ1v) is 4.24. The van der Waals surface area contributed by atoms with E-state index in [0.717, 1.165) is 19.6 Å². The van der Waals surface area contributed by atoms with E-state index in [9.17, 15) is 0 Å². The van der Waals surface area contributed by atoms with Gasteiger partial charge in [0.1, 0.15) is 0 Å². The topological polar surface area (TPSA) is 35.5 Å². The van der Waals surface area contributed by atoms with Gasteiger partial charge in [0.05, 0.1) is 6.10 Å². The smallest absolute Gasteiger partial charge is 0.0636 e. The molecule has 0 bridgehead atoms. The predicted octanol–water partition coefficient (Wildman–Crippen LogP) is -0.0915. The van der Waals surface area contributed by atoms with E-state index in [0.29, 0.717) is 6.54 Å². The molecule has 0 saturated carbocycles. The number of aliphatic hydroxyl groups is 1. The molecule has 0 aliphatic rings. The molecule has 1 atom stereocenters. The van der Waals surface area contributed by atoms with Gasteiger partial charge in [0.2, 0.25) is 0 Å². The Labute approximate surface area is 69.4 Å². The summed E-state index contributed by atoms with van der Waals surface area (Å²) in [5.74, 6) is 0. The Morgan fingerprint density at radius 2 is 2.18 bits per heavy atom. The van der Waals surface area contributed by atoms with E-state index in [1.54, 1.807) is 6.92 Å². The molecule has 0 rings (SSSR count). The van der Waals surface area contributed by atoms with Crippen molar-refractivity contribution in [2.24, 2.45) is 0 Å². The van der Waals surface area contributed by atoms with E-state index in [-0.39, 0.29) is 6.10 Å². The lowest BCUT2D eigenvalue weighted by atomic mass is 10.4. The highest BCUT2D eigenvalue weighted by Gasteiger charge is 1.95. The summed E-state index contributed by atoms with van der Waals surface area (Å²) in [7, 11) is 2.09. The highest BCUT2D eigenvalue weighted by Crippen LogP contribution is 1.78. The van der Waals surface area contributed by atoms with Gasteiger partial charge in [-0.1, -0.05) is 6.92 Å². The van der Waals surface area contributed by atoms with Crippen LogP contribution < -0.4 is 5.32 Å². The van der Waals surface area contributed by atoms with Crippen LogP contribution in [-0.2, 0) is 0 Å². The average Bonchev–Trinajstić information content (AvgIpc) is 1.97. The zero-order chi connectivity index (χ0) is 8.69. The zero-order valence-corrected chi connectivity index (χ0v) is 7.80. The third kappa shape index (κ3) is 7.78. The molecular formula is C8H20N2O. The number of rotatable bonds is 6. The van der Waals surface area contributed by atoms with Crippen molar-refractivity contribution < 1.29 is 5.11 Å². The van der Waals surface area contributed by atoms with Crippen LogP contribution in [0.5, 0.6) is 0 Å². The molecule has 3 nitrogen and oxygen atoms in total. The van der Waals surface area contributed by atoms with Gasteiger partial charge in [-0.25, -0.2) is 0 Å².